The van der Waals surface area contributed by atoms with E-state index in [1.807, 2.05) is 19.9 Å². The van der Waals surface area contributed by atoms with Gasteiger partial charge in [0.25, 0.3) is 0 Å². The molecule has 0 fully saturated rings. The minimum Gasteiger partial charge on any atom is -0.493 e. The van der Waals surface area contributed by atoms with Crippen molar-refractivity contribution in [3.63, 3.8) is 0 Å². The number of ether oxygens (including phenoxy) is 4. The van der Waals surface area contributed by atoms with Crippen molar-refractivity contribution in [2.75, 3.05) is 34.5 Å². The molecule has 30 heavy (non-hydrogen) atoms. The predicted octanol–water partition coefficient (Wildman–Crippen LogP) is 3.77. The van der Waals surface area contributed by atoms with Gasteiger partial charge in [-0.25, -0.2) is 4.79 Å². The summed E-state index contributed by atoms with van der Waals surface area (Å²) in [5, 5.41) is 0. The van der Waals surface area contributed by atoms with E-state index in [9.17, 15) is 9.59 Å². The third-order valence-electron chi connectivity index (χ3n) is 4.79. The van der Waals surface area contributed by atoms with Crippen LogP contribution in [-0.2, 0) is 14.3 Å². The van der Waals surface area contributed by atoms with E-state index in [0.29, 0.717) is 23.7 Å². The molecule has 1 atom stereocenters. The number of benzene rings is 1. The smallest absolute Gasteiger partial charge is 0.330 e. The Morgan fingerprint density at radius 3 is 2.47 bits per heavy atom. The lowest BCUT2D eigenvalue weighted by Crippen LogP contribution is -2.16. The number of carbonyl (C=O) groups excluding carboxylic acids is 2. The normalized spacial score (nSPS) is 12.1. The second-order valence-corrected chi connectivity index (χ2v) is 6.94. The summed E-state index contributed by atoms with van der Waals surface area (Å²) in [5.41, 5.74) is 3.26. The molecule has 0 aliphatic heterocycles. The molecule has 1 aromatic carbocycles. The highest BCUT2D eigenvalue weighted by Gasteiger charge is 2.19. The highest BCUT2D eigenvalue weighted by atomic mass is 16.5. The number of hydrogen-bond donors (Lipinski definition) is 0. The number of methoxy groups -OCH3 is 3. The van der Waals surface area contributed by atoms with Gasteiger partial charge in [0.2, 0.25) is 5.78 Å². The molecule has 7 nitrogen and oxygen atoms in total. The SMILES string of the molecule is COCC(C)n1c(C)cc(C(=O)COc2ccc(/C=C/C(=O)OC)cc2OC)c1C. The van der Waals surface area contributed by atoms with Gasteiger partial charge in [0.1, 0.15) is 0 Å². The average Bonchev–Trinajstić information content (AvgIpc) is 3.04. The first kappa shape index (κ1) is 23.2. The Balaban J connectivity index is 2.13. The molecule has 2 aromatic rings. The number of esters is 1. The molecule has 2 rings (SSSR count). The number of Topliss-reactive ketones (excluding diaryl/α,β-unsaturated/α-hetero) is 1. The minimum atomic E-state index is -0.447. The number of nitrogens with zero attached hydrogens (tertiary/aromatic N) is 1. The summed E-state index contributed by atoms with van der Waals surface area (Å²) in [7, 11) is 4.49. The molecule has 0 aliphatic carbocycles. The second-order valence-electron chi connectivity index (χ2n) is 6.94. The summed E-state index contributed by atoms with van der Waals surface area (Å²) in [6.45, 7) is 6.40. The highest BCUT2D eigenvalue weighted by molar-refractivity contribution is 5.98. The fourth-order valence-corrected chi connectivity index (χ4v) is 3.41. The van der Waals surface area contributed by atoms with Crippen LogP contribution in [0.15, 0.2) is 30.3 Å². The van der Waals surface area contributed by atoms with Crippen LogP contribution in [0.3, 0.4) is 0 Å². The molecule has 7 heteroatoms. The van der Waals surface area contributed by atoms with Crippen LogP contribution in [0.4, 0.5) is 0 Å². The van der Waals surface area contributed by atoms with Crippen LogP contribution in [0.1, 0.15) is 40.3 Å². The lowest BCUT2D eigenvalue weighted by Gasteiger charge is -2.17. The van der Waals surface area contributed by atoms with Crippen molar-refractivity contribution in [3.8, 4) is 11.5 Å². The van der Waals surface area contributed by atoms with Crippen LogP contribution in [0.25, 0.3) is 6.08 Å². The fraction of sp³-hybridized carbons (Fsp3) is 0.391. The van der Waals surface area contributed by atoms with E-state index in [-0.39, 0.29) is 18.4 Å². The molecule has 1 unspecified atom stereocenters. The number of rotatable bonds is 10. The van der Waals surface area contributed by atoms with Crippen LogP contribution in [0.2, 0.25) is 0 Å². The van der Waals surface area contributed by atoms with Gasteiger partial charge in [0.05, 0.1) is 26.9 Å². The zero-order chi connectivity index (χ0) is 22.3. The van der Waals surface area contributed by atoms with Crippen LogP contribution in [-0.4, -0.2) is 50.9 Å². The maximum atomic E-state index is 12.8. The molecule has 0 saturated heterocycles. The van der Waals surface area contributed by atoms with E-state index in [0.717, 1.165) is 17.0 Å². The van der Waals surface area contributed by atoms with Crippen molar-refractivity contribution in [1.82, 2.24) is 4.57 Å². The van der Waals surface area contributed by atoms with Crippen molar-refractivity contribution < 1.29 is 28.5 Å². The Morgan fingerprint density at radius 1 is 1.10 bits per heavy atom. The van der Waals surface area contributed by atoms with Gasteiger partial charge in [0.15, 0.2) is 18.1 Å². The highest BCUT2D eigenvalue weighted by Crippen LogP contribution is 2.29. The van der Waals surface area contributed by atoms with Crippen LogP contribution < -0.4 is 9.47 Å². The van der Waals surface area contributed by atoms with E-state index in [2.05, 4.69) is 16.2 Å². The molecule has 0 amide bonds. The predicted molar refractivity (Wildman–Crippen MR) is 114 cm³/mol. The molecule has 0 aliphatic rings. The molecule has 1 aromatic heterocycles. The summed E-state index contributed by atoms with van der Waals surface area (Å²) in [5.74, 6) is 0.352. The Kier molecular flexibility index (Phi) is 8.24. The molecule has 0 radical (unpaired) electrons. The molecule has 0 N–H and O–H groups in total. The van der Waals surface area contributed by atoms with Gasteiger partial charge in [0, 0.05) is 30.1 Å². The lowest BCUT2D eigenvalue weighted by atomic mass is 10.1. The fourth-order valence-electron chi connectivity index (χ4n) is 3.41. The Hall–Kier alpha value is -3.06. The molecule has 0 saturated carbocycles. The van der Waals surface area contributed by atoms with Crippen LogP contribution >= 0.6 is 0 Å². The monoisotopic (exact) mass is 415 g/mol. The molecular formula is C23H29NO6. The Morgan fingerprint density at radius 2 is 1.83 bits per heavy atom. The number of aromatic nitrogens is 1. The topological polar surface area (TPSA) is 76.0 Å². The largest absolute Gasteiger partial charge is 0.493 e. The zero-order valence-corrected chi connectivity index (χ0v) is 18.4. The van der Waals surface area contributed by atoms with E-state index in [4.69, 9.17) is 14.2 Å². The number of carbonyl (C=O) groups is 2. The van der Waals surface area contributed by atoms with Crippen molar-refractivity contribution in [2.45, 2.75) is 26.8 Å². The van der Waals surface area contributed by atoms with Gasteiger partial charge in [-0.15, -0.1) is 0 Å². The maximum absolute atomic E-state index is 12.8. The van der Waals surface area contributed by atoms with Gasteiger partial charge >= 0.3 is 5.97 Å². The molecule has 0 spiro atoms. The van der Waals surface area contributed by atoms with E-state index in [1.165, 1.54) is 20.3 Å². The summed E-state index contributed by atoms with van der Waals surface area (Å²) in [4.78, 5) is 24.0. The first-order valence-corrected chi connectivity index (χ1v) is 9.59. The van der Waals surface area contributed by atoms with Gasteiger partial charge in [-0.3, -0.25) is 4.79 Å². The van der Waals surface area contributed by atoms with Crippen molar-refractivity contribution in [2.24, 2.45) is 0 Å². The Bertz CT molecular complexity index is 928. The molecule has 1 heterocycles. The van der Waals surface area contributed by atoms with Crippen molar-refractivity contribution in [3.05, 3.63) is 52.9 Å². The first-order valence-electron chi connectivity index (χ1n) is 9.59. The van der Waals surface area contributed by atoms with Crippen molar-refractivity contribution >= 4 is 17.8 Å². The van der Waals surface area contributed by atoms with E-state index < -0.39 is 5.97 Å². The van der Waals surface area contributed by atoms with Crippen LogP contribution in [0.5, 0.6) is 11.5 Å². The molecule has 0 bridgehead atoms. The van der Waals surface area contributed by atoms with Crippen LogP contribution in [0, 0.1) is 13.8 Å². The Labute approximate surface area is 177 Å². The van der Waals surface area contributed by atoms with Gasteiger partial charge in [-0.05, 0) is 50.6 Å². The second kappa shape index (κ2) is 10.6. The standard InChI is InChI=1S/C23H29NO6/c1-15-11-19(17(3)24(15)16(2)13-27-4)20(25)14-30-21-9-7-18(12-22(21)28-5)8-10-23(26)29-6/h7-12,16H,13-14H2,1-6H3/b10-8+. The van der Waals surface area contributed by atoms with E-state index in [1.54, 1.807) is 31.4 Å². The summed E-state index contributed by atoms with van der Waals surface area (Å²) in [6, 6.07) is 7.19. The third kappa shape index (κ3) is 5.51. The summed E-state index contributed by atoms with van der Waals surface area (Å²) >= 11 is 0. The summed E-state index contributed by atoms with van der Waals surface area (Å²) in [6.07, 6.45) is 2.93. The summed E-state index contributed by atoms with van der Waals surface area (Å²) < 4.78 is 23.0. The molecular weight excluding hydrogens is 386 g/mol. The maximum Gasteiger partial charge on any atom is 0.330 e. The number of ketones is 1. The van der Waals surface area contributed by atoms with Gasteiger partial charge < -0.3 is 23.5 Å². The van der Waals surface area contributed by atoms with Gasteiger partial charge in [-0.1, -0.05) is 6.07 Å². The number of hydrogen-bond acceptors (Lipinski definition) is 6. The third-order valence-corrected chi connectivity index (χ3v) is 4.79. The van der Waals surface area contributed by atoms with Gasteiger partial charge in [-0.2, -0.15) is 0 Å². The van der Waals surface area contributed by atoms with Crippen molar-refractivity contribution in [1.29, 1.82) is 0 Å². The molecule has 162 valence electrons. The number of aryl methyl sites for hydroxylation is 1. The lowest BCUT2D eigenvalue weighted by molar-refractivity contribution is -0.134. The first-order chi connectivity index (χ1) is 14.3. The zero-order valence-electron chi connectivity index (χ0n) is 18.4. The average molecular weight is 415 g/mol. The van der Waals surface area contributed by atoms with E-state index >= 15 is 0 Å². The minimum absolute atomic E-state index is 0.114. The quantitative estimate of drug-likeness (QED) is 0.334.